The molecule has 7 nitrogen and oxygen atoms in total. The topological polar surface area (TPSA) is 84.9 Å². The van der Waals surface area contributed by atoms with Gasteiger partial charge in [0, 0.05) is 25.1 Å². The summed E-state index contributed by atoms with van der Waals surface area (Å²) in [6.07, 6.45) is -4.30. The van der Waals surface area contributed by atoms with Gasteiger partial charge in [-0.25, -0.2) is 8.42 Å². The van der Waals surface area contributed by atoms with Gasteiger partial charge in [0.1, 0.15) is 18.1 Å². The third-order valence-corrected chi connectivity index (χ3v) is 7.06. The minimum atomic E-state index is -4.92. The number of hydrogen-bond acceptors (Lipinski definition) is 5. The van der Waals surface area contributed by atoms with Gasteiger partial charge >= 0.3 is 6.36 Å². The zero-order valence-electron chi connectivity index (χ0n) is 18.0. The summed E-state index contributed by atoms with van der Waals surface area (Å²) in [5.74, 6) is -0.422. The van der Waals surface area contributed by atoms with Crippen LogP contribution in [0.1, 0.15) is 18.4 Å². The number of ether oxygens (including phenoxy) is 2. The van der Waals surface area contributed by atoms with Gasteiger partial charge in [-0.1, -0.05) is 18.2 Å². The molecule has 1 N–H and O–H groups in total. The van der Waals surface area contributed by atoms with Crippen LogP contribution in [0.15, 0.2) is 53.4 Å². The van der Waals surface area contributed by atoms with E-state index in [1.54, 1.807) is 0 Å². The number of carbonyl (C=O) groups excluding carboxylic acids is 1. The fraction of sp³-hybridized carbons (Fsp3) is 0.409. The van der Waals surface area contributed by atoms with Crippen LogP contribution in [-0.4, -0.2) is 51.2 Å². The van der Waals surface area contributed by atoms with Crippen molar-refractivity contribution in [1.82, 2.24) is 9.62 Å². The Bertz CT molecular complexity index is 1070. The maximum absolute atomic E-state index is 12.8. The highest BCUT2D eigenvalue weighted by molar-refractivity contribution is 7.89. The van der Waals surface area contributed by atoms with Gasteiger partial charge in [0.15, 0.2) is 0 Å². The number of alkyl halides is 3. The molecule has 2 aromatic carbocycles. The van der Waals surface area contributed by atoms with Gasteiger partial charge in [-0.2, -0.15) is 4.31 Å². The molecule has 11 heteroatoms. The van der Waals surface area contributed by atoms with Crippen LogP contribution < -0.4 is 14.8 Å². The van der Waals surface area contributed by atoms with Crippen LogP contribution in [0.5, 0.6) is 11.5 Å². The Morgan fingerprint density at radius 3 is 2.42 bits per heavy atom. The standard InChI is InChI=1S/C22H25F3N2O5S/c1-16-4-2-5-18(14-16)31-13-10-26-21(28)17-8-11-27(12-9-17)33(29,30)20-7-3-6-19(15-20)32-22(23,24)25/h2-7,14-15,17H,8-13H2,1H3,(H,26,28). The SMILES string of the molecule is Cc1cccc(OCCNC(=O)C2CCN(S(=O)(=O)c3cccc(OC(F)(F)F)c3)CC2)c1. The first kappa shape index (κ1) is 24.8. The second-order valence-corrected chi connectivity index (χ2v) is 9.59. The number of halogens is 3. The summed E-state index contributed by atoms with van der Waals surface area (Å²) in [4.78, 5) is 12.1. The molecule has 1 aliphatic heterocycles. The molecular formula is C22H25F3N2O5S. The maximum Gasteiger partial charge on any atom is 0.573 e. The van der Waals surface area contributed by atoms with E-state index < -0.39 is 22.1 Å². The summed E-state index contributed by atoms with van der Waals surface area (Å²) in [7, 11) is -4.01. The number of nitrogens with zero attached hydrogens (tertiary/aromatic N) is 1. The van der Waals surface area contributed by atoms with E-state index in [2.05, 4.69) is 10.1 Å². The normalized spacial score (nSPS) is 15.8. The highest BCUT2D eigenvalue weighted by Gasteiger charge is 2.34. The van der Waals surface area contributed by atoms with Crippen LogP contribution in [-0.2, 0) is 14.8 Å². The third kappa shape index (κ3) is 7.10. The van der Waals surface area contributed by atoms with Gasteiger partial charge in [-0.05, 0) is 49.6 Å². The second-order valence-electron chi connectivity index (χ2n) is 7.66. The summed E-state index contributed by atoms with van der Waals surface area (Å²) in [5, 5.41) is 2.80. The Hall–Kier alpha value is -2.79. The molecule has 0 atom stereocenters. The predicted octanol–water partition coefficient (Wildman–Crippen LogP) is 3.49. The maximum atomic E-state index is 12.8. The molecule has 1 fully saturated rings. The predicted molar refractivity (Wildman–Crippen MR) is 114 cm³/mol. The van der Waals surface area contributed by atoms with Crippen LogP contribution >= 0.6 is 0 Å². The van der Waals surface area contributed by atoms with E-state index >= 15 is 0 Å². The summed E-state index contributed by atoms with van der Waals surface area (Å²) in [6, 6.07) is 11.8. The minimum Gasteiger partial charge on any atom is -0.492 e. The first-order chi connectivity index (χ1) is 15.5. The van der Waals surface area contributed by atoms with Gasteiger partial charge in [0.25, 0.3) is 0 Å². The van der Waals surface area contributed by atoms with Crippen LogP contribution in [0.25, 0.3) is 0 Å². The molecule has 1 heterocycles. The quantitative estimate of drug-likeness (QED) is 0.578. The second kappa shape index (κ2) is 10.4. The molecule has 180 valence electrons. The van der Waals surface area contributed by atoms with E-state index in [1.807, 2.05) is 31.2 Å². The summed E-state index contributed by atoms with van der Waals surface area (Å²) in [5.41, 5.74) is 1.07. The van der Waals surface area contributed by atoms with Crippen molar-refractivity contribution in [2.45, 2.75) is 31.0 Å². The molecule has 1 saturated heterocycles. The molecule has 1 amide bonds. The number of carbonyl (C=O) groups is 1. The van der Waals surface area contributed by atoms with Crippen LogP contribution in [0.2, 0.25) is 0 Å². The number of sulfonamides is 1. The number of nitrogens with one attached hydrogen (secondary N) is 1. The lowest BCUT2D eigenvalue weighted by molar-refractivity contribution is -0.274. The summed E-state index contributed by atoms with van der Waals surface area (Å²) in [6.45, 7) is 2.75. The molecule has 3 rings (SSSR count). The average Bonchev–Trinajstić information content (AvgIpc) is 2.76. The first-order valence-corrected chi connectivity index (χ1v) is 11.8. The lowest BCUT2D eigenvalue weighted by atomic mass is 9.97. The van der Waals surface area contributed by atoms with Crippen molar-refractivity contribution < 1.29 is 35.9 Å². The van der Waals surface area contributed by atoms with Crippen molar-refractivity contribution in [3.05, 3.63) is 54.1 Å². The monoisotopic (exact) mass is 486 g/mol. The van der Waals surface area contributed by atoms with Crippen LogP contribution in [0, 0.1) is 12.8 Å². The Labute approximate surface area is 190 Å². The molecule has 0 saturated carbocycles. The molecule has 0 spiro atoms. The van der Waals surface area contributed by atoms with Crippen molar-refractivity contribution >= 4 is 15.9 Å². The highest BCUT2D eigenvalue weighted by Crippen LogP contribution is 2.28. The minimum absolute atomic E-state index is 0.0879. The zero-order chi connectivity index (χ0) is 24.1. The van der Waals surface area contributed by atoms with Crippen molar-refractivity contribution in [3.63, 3.8) is 0 Å². The Balaban J connectivity index is 1.48. The first-order valence-electron chi connectivity index (χ1n) is 10.4. The lowest BCUT2D eigenvalue weighted by Gasteiger charge is -2.30. The largest absolute Gasteiger partial charge is 0.573 e. The van der Waals surface area contributed by atoms with E-state index in [-0.39, 0.29) is 29.8 Å². The summed E-state index contributed by atoms with van der Waals surface area (Å²) >= 11 is 0. The molecule has 33 heavy (non-hydrogen) atoms. The molecule has 0 bridgehead atoms. The molecular weight excluding hydrogens is 461 g/mol. The highest BCUT2D eigenvalue weighted by atomic mass is 32.2. The van der Waals surface area contributed by atoms with Gasteiger partial charge in [-0.15, -0.1) is 13.2 Å². The Morgan fingerprint density at radius 2 is 1.76 bits per heavy atom. The van der Waals surface area contributed by atoms with E-state index in [1.165, 1.54) is 16.4 Å². The molecule has 1 aliphatic rings. The summed E-state index contributed by atoms with van der Waals surface area (Å²) < 4.78 is 73.5. The molecule has 0 aromatic heterocycles. The Morgan fingerprint density at radius 1 is 1.09 bits per heavy atom. The molecule has 0 radical (unpaired) electrons. The molecule has 0 aliphatic carbocycles. The van der Waals surface area contributed by atoms with Crippen molar-refractivity contribution in [3.8, 4) is 11.5 Å². The van der Waals surface area contributed by atoms with Gasteiger partial charge < -0.3 is 14.8 Å². The lowest BCUT2D eigenvalue weighted by Crippen LogP contribution is -2.43. The van der Waals surface area contributed by atoms with Crippen LogP contribution in [0.4, 0.5) is 13.2 Å². The third-order valence-electron chi connectivity index (χ3n) is 5.16. The number of piperidine rings is 1. The van der Waals surface area contributed by atoms with Crippen molar-refractivity contribution in [1.29, 1.82) is 0 Å². The van der Waals surface area contributed by atoms with Crippen molar-refractivity contribution in [2.24, 2.45) is 5.92 Å². The van der Waals surface area contributed by atoms with Crippen molar-refractivity contribution in [2.75, 3.05) is 26.2 Å². The van der Waals surface area contributed by atoms with E-state index in [9.17, 15) is 26.4 Å². The number of rotatable bonds is 8. The number of benzene rings is 2. The smallest absolute Gasteiger partial charge is 0.492 e. The average molecular weight is 487 g/mol. The molecule has 2 aromatic rings. The van der Waals surface area contributed by atoms with E-state index in [0.717, 1.165) is 17.7 Å². The van der Waals surface area contributed by atoms with Crippen LogP contribution in [0.3, 0.4) is 0 Å². The number of aryl methyl sites for hydroxylation is 1. The Kier molecular flexibility index (Phi) is 7.85. The van der Waals surface area contributed by atoms with Gasteiger partial charge in [0.2, 0.25) is 15.9 Å². The fourth-order valence-corrected chi connectivity index (χ4v) is 5.04. The van der Waals surface area contributed by atoms with Gasteiger partial charge in [0.05, 0.1) is 11.4 Å². The van der Waals surface area contributed by atoms with Gasteiger partial charge in [-0.3, -0.25) is 4.79 Å². The molecule has 0 unspecified atom stereocenters. The number of amides is 1. The number of hydrogen-bond donors (Lipinski definition) is 1. The van der Waals surface area contributed by atoms with E-state index in [4.69, 9.17) is 4.74 Å². The zero-order valence-corrected chi connectivity index (χ0v) is 18.8. The van der Waals surface area contributed by atoms with E-state index in [0.29, 0.717) is 31.7 Å². The fourth-order valence-electron chi connectivity index (χ4n) is 3.53.